The Labute approximate surface area is 243 Å². The van der Waals surface area contributed by atoms with Gasteiger partial charge in [0.2, 0.25) is 11.8 Å². The minimum Gasteiger partial charge on any atom is -0.489 e. The van der Waals surface area contributed by atoms with E-state index in [9.17, 15) is 32.8 Å². The van der Waals surface area contributed by atoms with Gasteiger partial charge < -0.3 is 14.4 Å². The third-order valence-corrected chi connectivity index (χ3v) is 7.59. The van der Waals surface area contributed by atoms with Crippen LogP contribution in [0.15, 0.2) is 48.8 Å². The predicted molar refractivity (Wildman–Crippen MR) is 142 cm³/mol. The number of nitrogens with zero attached hydrogens (tertiary/aromatic N) is 5. The molecule has 1 N–H and O–H groups in total. The van der Waals surface area contributed by atoms with E-state index < -0.39 is 24.1 Å². The first-order valence-electron chi connectivity index (χ1n) is 13.6. The first kappa shape index (κ1) is 28.2. The number of benzene rings is 2. The van der Waals surface area contributed by atoms with E-state index >= 15 is 0 Å². The van der Waals surface area contributed by atoms with Crippen molar-refractivity contribution in [2.45, 2.75) is 50.9 Å². The number of imide groups is 1. The lowest BCUT2D eigenvalue weighted by Crippen LogP contribution is -2.52. The highest BCUT2D eigenvalue weighted by Gasteiger charge is 2.39. The molecule has 6 rings (SSSR count). The van der Waals surface area contributed by atoms with E-state index in [4.69, 9.17) is 4.74 Å². The Hall–Kier alpha value is -4.90. The average Bonchev–Trinajstić information content (AvgIpc) is 3.67. The lowest BCUT2D eigenvalue weighted by molar-refractivity contribution is -0.274. The van der Waals surface area contributed by atoms with Gasteiger partial charge in [0.05, 0.1) is 23.5 Å². The van der Waals surface area contributed by atoms with E-state index in [2.05, 4.69) is 20.1 Å². The highest BCUT2D eigenvalue weighted by molar-refractivity contribution is 6.05. The van der Waals surface area contributed by atoms with E-state index in [1.54, 1.807) is 24.5 Å². The van der Waals surface area contributed by atoms with Crippen LogP contribution < -0.4 is 14.8 Å². The Morgan fingerprint density at radius 3 is 2.70 bits per heavy atom. The van der Waals surface area contributed by atoms with Gasteiger partial charge in [-0.1, -0.05) is 0 Å². The second-order valence-corrected chi connectivity index (χ2v) is 10.7. The van der Waals surface area contributed by atoms with Crippen LogP contribution in [0.25, 0.3) is 5.69 Å². The van der Waals surface area contributed by atoms with Gasteiger partial charge in [0, 0.05) is 56.0 Å². The third-order valence-electron chi connectivity index (χ3n) is 7.59. The lowest BCUT2D eigenvalue weighted by atomic mass is 10.0. The summed E-state index contributed by atoms with van der Waals surface area (Å²) in [6, 6.07) is 10.0. The molecule has 1 aromatic heterocycles. The number of alkyl halides is 3. The van der Waals surface area contributed by atoms with Gasteiger partial charge in [-0.3, -0.25) is 24.6 Å². The van der Waals surface area contributed by atoms with E-state index in [0.717, 1.165) is 30.2 Å². The molecule has 2 saturated heterocycles. The first-order chi connectivity index (χ1) is 20.5. The highest BCUT2D eigenvalue weighted by Crippen LogP contribution is 2.31. The van der Waals surface area contributed by atoms with Gasteiger partial charge in [-0.25, -0.2) is 4.68 Å². The highest BCUT2D eigenvalue weighted by atomic mass is 19.4. The van der Waals surface area contributed by atoms with Crippen molar-refractivity contribution < 1.29 is 37.0 Å². The number of fused-ring (bicyclic) bond motifs is 1. The van der Waals surface area contributed by atoms with Crippen molar-refractivity contribution >= 4 is 17.7 Å². The Kier molecular flexibility index (Phi) is 7.26. The van der Waals surface area contributed by atoms with Crippen LogP contribution in [0.1, 0.15) is 46.3 Å². The molecule has 0 bridgehead atoms. The van der Waals surface area contributed by atoms with Gasteiger partial charge in [-0.15, -0.1) is 13.2 Å². The second-order valence-electron chi connectivity index (χ2n) is 10.7. The summed E-state index contributed by atoms with van der Waals surface area (Å²) in [5.41, 5.74) is 2.37. The number of carbonyl (C=O) groups excluding carboxylic acids is 3. The van der Waals surface area contributed by atoms with Crippen LogP contribution >= 0.6 is 0 Å². The zero-order valence-corrected chi connectivity index (χ0v) is 22.6. The van der Waals surface area contributed by atoms with Crippen molar-refractivity contribution in [3.05, 3.63) is 71.0 Å². The van der Waals surface area contributed by atoms with Gasteiger partial charge >= 0.3 is 6.36 Å². The molecule has 0 saturated carbocycles. The number of piperidine rings is 1. The number of nitriles is 1. The summed E-state index contributed by atoms with van der Waals surface area (Å²) in [4.78, 5) is 40.4. The summed E-state index contributed by atoms with van der Waals surface area (Å²) in [7, 11) is 0. The normalized spacial score (nSPS) is 20.6. The van der Waals surface area contributed by atoms with Gasteiger partial charge in [-0.05, 0) is 48.7 Å². The van der Waals surface area contributed by atoms with Crippen molar-refractivity contribution in [3.8, 4) is 23.3 Å². The molecule has 11 nitrogen and oxygen atoms in total. The Morgan fingerprint density at radius 1 is 1.09 bits per heavy atom. The number of hydrogen-bond acceptors (Lipinski definition) is 8. The number of amides is 3. The van der Waals surface area contributed by atoms with E-state index in [1.165, 1.54) is 21.7 Å². The monoisotopic (exact) mass is 594 g/mol. The zero-order valence-electron chi connectivity index (χ0n) is 22.6. The molecule has 3 amide bonds. The van der Waals surface area contributed by atoms with Crippen LogP contribution in [0.2, 0.25) is 0 Å². The second kappa shape index (κ2) is 11.1. The fraction of sp³-hybridized carbons (Fsp3) is 0.345. The Morgan fingerprint density at radius 2 is 1.93 bits per heavy atom. The van der Waals surface area contributed by atoms with Crippen LogP contribution in [-0.4, -0.2) is 68.9 Å². The van der Waals surface area contributed by atoms with Crippen molar-refractivity contribution in [3.63, 3.8) is 0 Å². The van der Waals surface area contributed by atoms with Crippen molar-refractivity contribution in [2.75, 3.05) is 13.1 Å². The summed E-state index contributed by atoms with van der Waals surface area (Å²) < 4.78 is 49.7. The maximum absolute atomic E-state index is 12.9. The SMILES string of the molecule is N#Cc1cc(OC(F)(F)F)cc(-n2cc(CN3CC[C@H](Oc4ccc5c(c4)CN([C@@H]4CCC(=O)NC4=O)C5=O)C3)cn2)c1. The zero-order chi connectivity index (χ0) is 30.3. The first-order valence-corrected chi connectivity index (χ1v) is 13.6. The molecule has 3 aliphatic rings. The molecule has 0 spiro atoms. The molecule has 0 radical (unpaired) electrons. The average molecular weight is 595 g/mol. The van der Waals surface area contributed by atoms with Crippen molar-refractivity contribution in [2.24, 2.45) is 0 Å². The third kappa shape index (κ3) is 6.17. The number of aromatic nitrogens is 2. The van der Waals surface area contributed by atoms with Gasteiger partial charge in [0.1, 0.15) is 23.6 Å². The maximum Gasteiger partial charge on any atom is 0.573 e. The molecular formula is C29H25F3N6O5. The molecule has 3 aliphatic heterocycles. The van der Waals surface area contributed by atoms with Crippen LogP contribution in [0.5, 0.6) is 11.5 Å². The number of nitrogens with one attached hydrogen (secondary N) is 1. The van der Waals surface area contributed by atoms with E-state index in [0.29, 0.717) is 30.8 Å². The minimum atomic E-state index is -4.89. The topological polar surface area (TPSA) is 130 Å². The van der Waals surface area contributed by atoms with Crippen LogP contribution in [-0.2, 0) is 22.7 Å². The Bertz CT molecular complexity index is 1650. The van der Waals surface area contributed by atoms with Crippen LogP contribution in [0.3, 0.4) is 0 Å². The van der Waals surface area contributed by atoms with Gasteiger partial charge in [0.25, 0.3) is 5.91 Å². The smallest absolute Gasteiger partial charge is 0.489 e. The predicted octanol–water partition coefficient (Wildman–Crippen LogP) is 3.06. The summed E-state index contributed by atoms with van der Waals surface area (Å²) in [6.45, 7) is 2.16. The number of hydrogen-bond donors (Lipinski definition) is 1. The molecule has 2 atom stereocenters. The summed E-state index contributed by atoms with van der Waals surface area (Å²) in [6.07, 6.45) is -0.444. The summed E-state index contributed by atoms with van der Waals surface area (Å²) in [5, 5.41) is 15.8. The number of ether oxygens (including phenoxy) is 2. The summed E-state index contributed by atoms with van der Waals surface area (Å²) >= 11 is 0. The molecule has 0 unspecified atom stereocenters. The fourth-order valence-electron chi connectivity index (χ4n) is 5.67. The maximum atomic E-state index is 12.9. The van der Waals surface area contributed by atoms with Crippen LogP contribution in [0.4, 0.5) is 13.2 Å². The van der Waals surface area contributed by atoms with E-state index in [1.807, 2.05) is 12.1 Å². The molecule has 4 heterocycles. The lowest BCUT2D eigenvalue weighted by Gasteiger charge is -2.29. The molecule has 3 aromatic rings. The molecule has 43 heavy (non-hydrogen) atoms. The molecule has 0 aliphatic carbocycles. The van der Waals surface area contributed by atoms with Crippen molar-refractivity contribution in [1.82, 2.24) is 24.9 Å². The van der Waals surface area contributed by atoms with Gasteiger partial charge in [-0.2, -0.15) is 10.4 Å². The van der Waals surface area contributed by atoms with Crippen molar-refractivity contribution in [1.29, 1.82) is 5.26 Å². The molecule has 2 aromatic carbocycles. The Balaban J connectivity index is 1.06. The van der Waals surface area contributed by atoms with E-state index in [-0.39, 0.29) is 42.1 Å². The largest absolute Gasteiger partial charge is 0.573 e. The fourth-order valence-corrected chi connectivity index (χ4v) is 5.67. The standard InChI is InChI=1S/C29H25F3N6O5/c30-29(31,32)43-23-8-17(11-33)7-20(10-23)38-14-18(12-34-38)13-36-6-5-22(16-36)42-21-1-2-24-19(9-21)15-37(28(24)41)25-3-4-26(39)35-27(25)40/h1-2,7-10,12,14,22,25H,3-6,13,15-16H2,(H,35,39,40)/t22-,25+/m0/s1. The number of halogens is 3. The molecule has 222 valence electrons. The molecule has 2 fully saturated rings. The minimum absolute atomic E-state index is 0.00735. The number of likely N-dealkylation sites (tertiary alicyclic amines) is 1. The van der Waals surface area contributed by atoms with Gasteiger partial charge in [0.15, 0.2) is 0 Å². The number of carbonyl (C=O) groups is 3. The quantitative estimate of drug-likeness (QED) is 0.414. The number of rotatable bonds is 7. The molecular weight excluding hydrogens is 569 g/mol. The summed E-state index contributed by atoms with van der Waals surface area (Å²) in [5.74, 6) is -0.920. The molecule has 14 heteroatoms. The van der Waals surface area contributed by atoms with Crippen LogP contribution in [0, 0.1) is 11.3 Å².